The van der Waals surface area contributed by atoms with Gasteiger partial charge in [0, 0.05) is 31.7 Å². The molecule has 4 atom stereocenters. The van der Waals surface area contributed by atoms with Gasteiger partial charge in [0.25, 0.3) is 0 Å². The summed E-state index contributed by atoms with van der Waals surface area (Å²) in [7, 11) is 0. The highest BCUT2D eigenvalue weighted by Crippen LogP contribution is 2.29. The summed E-state index contributed by atoms with van der Waals surface area (Å²) in [4.78, 5) is 2.60. The first-order chi connectivity index (χ1) is 10.2. The molecule has 1 aliphatic heterocycles. The second-order valence-corrected chi connectivity index (χ2v) is 7.41. The molecule has 2 saturated carbocycles. The zero-order valence-corrected chi connectivity index (χ0v) is 13.5. The normalized spacial score (nSPS) is 36.0. The largest absolute Gasteiger partial charge is 0.389 e. The maximum Gasteiger partial charge on any atom is 0.0897 e. The number of likely N-dealkylation sites (tertiary alicyclic amines) is 1. The van der Waals surface area contributed by atoms with Crippen LogP contribution in [0.4, 0.5) is 0 Å². The van der Waals surface area contributed by atoms with Crippen LogP contribution in [0.3, 0.4) is 0 Å². The van der Waals surface area contributed by atoms with Gasteiger partial charge in [-0.25, -0.2) is 0 Å². The van der Waals surface area contributed by atoms with Gasteiger partial charge in [0.2, 0.25) is 0 Å². The van der Waals surface area contributed by atoms with Crippen LogP contribution in [0.15, 0.2) is 0 Å². The van der Waals surface area contributed by atoms with Crippen LogP contribution in [-0.2, 0) is 4.74 Å². The smallest absolute Gasteiger partial charge is 0.0897 e. The van der Waals surface area contributed by atoms with E-state index in [0.717, 1.165) is 12.6 Å². The molecule has 1 saturated heterocycles. The van der Waals surface area contributed by atoms with Gasteiger partial charge in [-0.2, -0.15) is 0 Å². The minimum Gasteiger partial charge on any atom is -0.389 e. The van der Waals surface area contributed by atoms with Gasteiger partial charge in [-0.3, -0.25) is 4.90 Å². The highest BCUT2D eigenvalue weighted by atomic mass is 16.5. The van der Waals surface area contributed by atoms with Gasteiger partial charge in [-0.15, -0.1) is 0 Å². The van der Waals surface area contributed by atoms with Crippen molar-refractivity contribution in [1.82, 2.24) is 10.2 Å². The van der Waals surface area contributed by atoms with Crippen LogP contribution in [-0.4, -0.2) is 60.5 Å². The third-order valence-corrected chi connectivity index (χ3v) is 5.46. The van der Waals surface area contributed by atoms with Crippen LogP contribution in [0.2, 0.25) is 0 Å². The van der Waals surface area contributed by atoms with Gasteiger partial charge < -0.3 is 15.2 Å². The monoisotopic (exact) mass is 296 g/mol. The Labute approximate surface area is 129 Å². The topological polar surface area (TPSA) is 44.7 Å². The second-order valence-electron chi connectivity index (χ2n) is 7.41. The molecule has 0 amide bonds. The molecule has 4 nitrogen and oxygen atoms in total. The van der Waals surface area contributed by atoms with Crippen molar-refractivity contribution in [3.05, 3.63) is 0 Å². The van der Waals surface area contributed by atoms with Crippen molar-refractivity contribution in [2.45, 2.75) is 76.2 Å². The number of ether oxygens (including phenoxy) is 1. The fourth-order valence-electron chi connectivity index (χ4n) is 3.85. The van der Waals surface area contributed by atoms with E-state index in [-0.39, 0.29) is 6.10 Å². The van der Waals surface area contributed by atoms with Crippen molar-refractivity contribution in [3.63, 3.8) is 0 Å². The first kappa shape index (κ1) is 15.7. The molecule has 4 unspecified atom stereocenters. The van der Waals surface area contributed by atoms with Crippen LogP contribution in [0.5, 0.6) is 0 Å². The van der Waals surface area contributed by atoms with Crippen molar-refractivity contribution in [2.75, 3.05) is 26.2 Å². The van der Waals surface area contributed by atoms with Crippen molar-refractivity contribution in [1.29, 1.82) is 0 Å². The molecule has 3 fully saturated rings. The molecule has 21 heavy (non-hydrogen) atoms. The lowest BCUT2D eigenvalue weighted by Gasteiger charge is -2.29. The van der Waals surface area contributed by atoms with E-state index in [9.17, 15) is 5.11 Å². The zero-order chi connectivity index (χ0) is 14.7. The maximum atomic E-state index is 10.1. The Hall–Kier alpha value is -0.160. The quantitative estimate of drug-likeness (QED) is 0.751. The number of aliphatic hydroxyl groups is 1. The summed E-state index contributed by atoms with van der Waals surface area (Å²) in [6.45, 7) is 5.83. The minimum atomic E-state index is -0.367. The molecule has 0 bridgehead atoms. The number of nitrogens with one attached hydrogen (secondary N) is 1. The average molecular weight is 296 g/mol. The highest BCUT2D eigenvalue weighted by Gasteiger charge is 2.34. The lowest BCUT2D eigenvalue weighted by molar-refractivity contribution is -0.0455. The highest BCUT2D eigenvalue weighted by molar-refractivity contribution is 4.92. The number of rotatable bonds is 7. The standard InChI is InChI=1S/C17H32N2O2/c1-13-4-2-3-5-17(13)21-12-16(20)10-18-14-8-9-19(11-14)15-6-7-15/h13-18,20H,2-12H2,1H3. The minimum absolute atomic E-state index is 0.366. The first-order valence-electron chi connectivity index (χ1n) is 8.99. The second kappa shape index (κ2) is 7.40. The molecule has 2 aliphatic carbocycles. The lowest BCUT2D eigenvalue weighted by Crippen LogP contribution is -2.40. The number of aliphatic hydroxyl groups excluding tert-OH is 1. The van der Waals surface area contributed by atoms with Crippen molar-refractivity contribution in [2.24, 2.45) is 5.92 Å². The summed E-state index contributed by atoms with van der Waals surface area (Å²) in [5, 5.41) is 13.6. The molecular formula is C17H32N2O2. The molecular weight excluding hydrogens is 264 g/mol. The van der Waals surface area contributed by atoms with Crippen LogP contribution in [0, 0.1) is 5.92 Å². The third-order valence-electron chi connectivity index (χ3n) is 5.46. The van der Waals surface area contributed by atoms with Crippen molar-refractivity contribution < 1.29 is 9.84 Å². The molecule has 1 heterocycles. The molecule has 2 N–H and O–H groups in total. The maximum absolute atomic E-state index is 10.1. The Morgan fingerprint density at radius 3 is 2.76 bits per heavy atom. The van der Waals surface area contributed by atoms with Crippen molar-refractivity contribution in [3.8, 4) is 0 Å². The van der Waals surface area contributed by atoms with Crippen LogP contribution in [0.25, 0.3) is 0 Å². The number of nitrogens with zero attached hydrogens (tertiary/aromatic N) is 1. The summed E-state index contributed by atoms with van der Waals surface area (Å²) in [6, 6.07) is 1.44. The molecule has 4 heteroatoms. The van der Waals surface area contributed by atoms with E-state index in [1.165, 1.54) is 51.5 Å². The summed E-state index contributed by atoms with van der Waals surface area (Å²) in [5.41, 5.74) is 0. The Kier molecular flexibility index (Phi) is 5.54. The van der Waals surface area contributed by atoms with E-state index in [4.69, 9.17) is 4.74 Å². The Balaban J connectivity index is 1.28. The number of hydrogen-bond donors (Lipinski definition) is 2. The SMILES string of the molecule is CC1CCCCC1OCC(O)CNC1CCN(C2CC2)C1. The van der Waals surface area contributed by atoms with E-state index in [1.54, 1.807) is 0 Å². The molecule has 122 valence electrons. The molecule has 0 aromatic carbocycles. The molecule has 0 aromatic heterocycles. The van der Waals surface area contributed by atoms with Crippen LogP contribution in [0.1, 0.15) is 51.9 Å². The van der Waals surface area contributed by atoms with Gasteiger partial charge in [0.1, 0.15) is 0 Å². The molecule has 3 aliphatic rings. The van der Waals surface area contributed by atoms with Gasteiger partial charge in [-0.1, -0.05) is 19.8 Å². The van der Waals surface area contributed by atoms with Crippen LogP contribution >= 0.6 is 0 Å². The predicted molar refractivity (Wildman–Crippen MR) is 84.4 cm³/mol. The molecule has 0 spiro atoms. The van der Waals surface area contributed by atoms with Gasteiger partial charge in [0.15, 0.2) is 0 Å². The van der Waals surface area contributed by atoms with Gasteiger partial charge >= 0.3 is 0 Å². The van der Waals surface area contributed by atoms with Gasteiger partial charge in [-0.05, 0) is 38.0 Å². The molecule has 0 radical (unpaired) electrons. The van der Waals surface area contributed by atoms with E-state index >= 15 is 0 Å². The fraction of sp³-hybridized carbons (Fsp3) is 1.00. The van der Waals surface area contributed by atoms with Gasteiger partial charge in [0.05, 0.1) is 18.8 Å². The Morgan fingerprint density at radius 2 is 2.00 bits per heavy atom. The van der Waals surface area contributed by atoms with E-state index in [1.807, 2.05) is 0 Å². The fourth-order valence-corrected chi connectivity index (χ4v) is 3.85. The number of hydrogen-bond acceptors (Lipinski definition) is 4. The molecule has 3 rings (SSSR count). The zero-order valence-electron chi connectivity index (χ0n) is 13.5. The predicted octanol–water partition coefficient (Wildman–Crippen LogP) is 1.77. The van der Waals surface area contributed by atoms with Crippen molar-refractivity contribution >= 4 is 0 Å². The summed E-state index contributed by atoms with van der Waals surface area (Å²) in [5.74, 6) is 0.654. The van der Waals surface area contributed by atoms with E-state index in [2.05, 4.69) is 17.1 Å². The average Bonchev–Trinajstić information content (AvgIpc) is 3.23. The Morgan fingerprint density at radius 1 is 1.19 bits per heavy atom. The van der Waals surface area contributed by atoms with Crippen LogP contribution < -0.4 is 5.32 Å². The van der Waals surface area contributed by atoms with E-state index in [0.29, 0.717) is 31.2 Å². The summed E-state index contributed by atoms with van der Waals surface area (Å²) < 4.78 is 5.94. The summed E-state index contributed by atoms with van der Waals surface area (Å²) >= 11 is 0. The first-order valence-corrected chi connectivity index (χ1v) is 8.99. The summed E-state index contributed by atoms with van der Waals surface area (Å²) in [6.07, 6.45) is 9.07. The lowest BCUT2D eigenvalue weighted by atomic mass is 9.88. The third kappa shape index (κ3) is 4.65. The molecule has 0 aromatic rings. The Bertz CT molecular complexity index is 322. The van der Waals surface area contributed by atoms with E-state index < -0.39 is 0 Å².